The molecule has 0 heterocycles. The van der Waals surface area contributed by atoms with Gasteiger partial charge in [-0.1, -0.05) is 59.3 Å². The molecule has 0 unspecified atom stereocenters. The Morgan fingerprint density at radius 3 is 2.13 bits per heavy atom. The minimum Gasteiger partial charge on any atom is -0.481 e. The lowest BCUT2D eigenvalue weighted by Crippen LogP contribution is -2.66. The van der Waals surface area contributed by atoms with E-state index in [-0.39, 0.29) is 57.6 Å². The number of carbonyl (C=O) groups excluding carboxylic acids is 4. The third-order valence-electron chi connectivity index (χ3n) is 15.5. The number of ether oxygens (including phenoxy) is 4. The zero-order valence-electron chi connectivity index (χ0n) is 34.2. The summed E-state index contributed by atoms with van der Waals surface area (Å²) in [6, 6.07) is 4.64. The monoisotopic (exact) mass is 760 g/mol. The van der Waals surface area contributed by atoms with E-state index >= 15 is 0 Å². The van der Waals surface area contributed by atoms with Gasteiger partial charge in [0.1, 0.15) is 12.7 Å². The van der Waals surface area contributed by atoms with E-state index in [1.807, 2.05) is 0 Å². The lowest BCUT2D eigenvalue weighted by Gasteiger charge is -2.71. The fraction of sp³-hybridized carbons (Fsp3) is 0.667. The van der Waals surface area contributed by atoms with Crippen LogP contribution in [0.2, 0.25) is 0 Å². The Morgan fingerprint density at radius 1 is 0.800 bits per heavy atom. The van der Waals surface area contributed by atoms with E-state index in [0.717, 1.165) is 51.4 Å². The average Bonchev–Trinajstić information content (AvgIpc) is 3.08. The molecule has 1 aromatic carbocycles. The van der Waals surface area contributed by atoms with Crippen LogP contribution in [0.15, 0.2) is 35.9 Å². The van der Waals surface area contributed by atoms with Crippen molar-refractivity contribution in [1.82, 2.24) is 0 Å². The molecule has 5 aliphatic carbocycles. The summed E-state index contributed by atoms with van der Waals surface area (Å²) in [7, 11) is 0. The van der Waals surface area contributed by atoms with E-state index in [1.54, 1.807) is 12.1 Å². The zero-order valence-corrected chi connectivity index (χ0v) is 34.2. The van der Waals surface area contributed by atoms with Gasteiger partial charge in [-0.05, 0) is 127 Å². The number of hydrogen-bond donors (Lipinski definition) is 1. The van der Waals surface area contributed by atoms with Crippen molar-refractivity contribution in [3.8, 4) is 11.5 Å². The second-order valence-corrected chi connectivity index (χ2v) is 19.2. The highest BCUT2D eigenvalue weighted by atomic mass is 16.6. The molecule has 0 aromatic heterocycles. The van der Waals surface area contributed by atoms with Gasteiger partial charge in [-0.25, -0.2) is 4.79 Å². The molecule has 55 heavy (non-hydrogen) atoms. The van der Waals surface area contributed by atoms with Crippen molar-refractivity contribution in [2.45, 2.75) is 133 Å². The first-order valence-corrected chi connectivity index (χ1v) is 20.1. The third-order valence-corrected chi connectivity index (χ3v) is 15.5. The standard InChI is InChI=1S/C45H60O10/c1-27(46)52-26-42(7)35-16-19-44(9)36(14-12-31-32-25-40(4,5)20-22-45(32,39(50)51)23-21-43(31,44)8)41(35,6)18-17-37(42)55-38(49)15-11-30-10-13-33(53-28(2)47)34(24-30)54-29(3)48/h10-13,15,24,32,35-37H,14,16-23,25-26H2,1-9H3,(H,50,51)/b15-11+/t32-,35+,36+,37-,41-,42-,43+,44+,45-/m0/s1. The maximum atomic E-state index is 13.5. The zero-order chi connectivity index (χ0) is 40.4. The first-order valence-electron chi connectivity index (χ1n) is 20.1. The summed E-state index contributed by atoms with van der Waals surface area (Å²) < 4.78 is 22.5. The van der Waals surface area contributed by atoms with Gasteiger partial charge in [0.2, 0.25) is 0 Å². The molecule has 10 heteroatoms. The van der Waals surface area contributed by atoms with Crippen LogP contribution in [0.4, 0.5) is 0 Å². The number of carboxylic acids is 1. The van der Waals surface area contributed by atoms with Gasteiger partial charge in [-0.3, -0.25) is 19.2 Å². The van der Waals surface area contributed by atoms with Crippen LogP contribution >= 0.6 is 0 Å². The number of aliphatic carboxylic acids is 1. The summed E-state index contributed by atoms with van der Waals surface area (Å²) in [5, 5.41) is 10.7. The highest BCUT2D eigenvalue weighted by molar-refractivity contribution is 5.87. The van der Waals surface area contributed by atoms with Crippen molar-refractivity contribution >= 4 is 35.9 Å². The van der Waals surface area contributed by atoms with Crippen LogP contribution in [-0.2, 0) is 33.4 Å². The number of carbonyl (C=O) groups is 5. The molecule has 0 radical (unpaired) electrons. The van der Waals surface area contributed by atoms with Crippen molar-refractivity contribution in [3.63, 3.8) is 0 Å². The largest absolute Gasteiger partial charge is 0.481 e. The summed E-state index contributed by atoms with van der Waals surface area (Å²) in [4.78, 5) is 62.1. The number of esters is 4. The molecule has 6 rings (SSSR count). The summed E-state index contributed by atoms with van der Waals surface area (Å²) in [5.41, 5.74) is 0.335. The molecule has 4 fully saturated rings. The second-order valence-electron chi connectivity index (χ2n) is 19.2. The smallest absolute Gasteiger partial charge is 0.331 e. The Morgan fingerprint density at radius 2 is 1.47 bits per heavy atom. The van der Waals surface area contributed by atoms with Crippen LogP contribution in [0, 0.1) is 50.2 Å². The normalized spacial score (nSPS) is 37.5. The molecule has 0 aliphatic heterocycles. The summed E-state index contributed by atoms with van der Waals surface area (Å²) >= 11 is 0. The average molecular weight is 761 g/mol. The molecule has 1 N–H and O–H groups in total. The van der Waals surface area contributed by atoms with Gasteiger partial charge < -0.3 is 24.1 Å². The molecule has 10 nitrogen and oxygen atoms in total. The van der Waals surface area contributed by atoms with Gasteiger partial charge in [0.25, 0.3) is 0 Å². The van der Waals surface area contributed by atoms with Crippen molar-refractivity contribution in [3.05, 3.63) is 41.5 Å². The second kappa shape index (κ2) is 14.2. The third kappa shape index (κ3) is 6.94. The fourth-order valence-corrected chi connectivity index (χ4v) is 12.5. The van der Waals surface area contributed by atoms with Gasteiger partial charge >= 0.3 is 29.8 Å². The number of carboxylic acid groups (broad SMARTS) is 1. The first-order chi connectivity index (χ1) is 25.6. The number of hydrogen-bond acceptors (Lipinski definition) is 9. The minimum atomic E-state index is -0.692. The summed E-state index contributed by atoms with van der Waals surface area (Å²) in [5.74, 6) is -2.11. The molecule has 0 spiro atoms. The van der Waals surface area contributed by atoms with Crippen LogP contribution in [0.5, 0.6) is 11.5 Å². The SMILES string of the molecule is CC(=O)OC[C@@]1(C)[C@@H]2CC[C@]3(C)[C@H](CC=C4[C@@H]5CC(C)(C)CC[C@]5(C(=O)O)CC[C@]43C)[C@@]2(C)CC[C@@H]1OC(=O)/C=C/c1ccc(OC(C)=O)c(OC(C)=O)c1. The van der Waals surface area contributed by atoms with Crippen molar-refractivity contribution < 1.29 is 48.0 Å². The molecule has 1 aromatic rings. The Balaban J connectivity index is 1.28. The van der Waals surface area contributed by atoms with Crippen LogP contribution in [0.3, 0.4) is 0 Å². The molecule has 5 aliphatic rings. The maximum Gasteiger partial charge on any atom is 0.331 e. The highest BCUT2D eigenvalue weighted by Gasteiger charge is 2.70. The summed E-state index contributed by atoms with van der Waals surface area (Å²) in [6.45, 7) is 18.0. The van der Waals surface area contributed by atoms with E-state index in [2.05, 4.69) is 47.6 Å². The lowest BCUT2D eigenvalue weighted by atomic mass is 9.33. The molecule has 0 amide bonds. The molecule has 9 atom stereocenters. The van der Waals surface area contributed by atoms with E-state index in [1.165, 1.54) is 44.6 Å². The van der Waals surface area contributed by atoms with Crippen LogP contribution < -0.4 is 9.47 Å². The Kier molecular flexibility index (Phi) is 10.5. The lowest BCUT2D eigenvalue weighted by molar-refractivity contribution is -0.225. The van der Waals surface area contributed by atoms with Gasteiger partial charge in [0, 0.05) is 32.3 Å². The van der Waals surface area contributed by atoms with Gasteiger partial charge in [0.15, 0.2) is 11.5 Å². The van der Waals surface area contributed by atoms with E-state index < -0.39 is 40.8 Å². The number of allylic oxidation sites excluding steroid dienone is 2. The molecule has 0 saturated heterocycles. The Labute approximate surface area is 325 Å². The molecule has 300 valence electrons. The van der Waals surface area contributed by atoms with Gasteiger partial charge in [-0.2, -0.15) is 0 Å². The molecule has 0 bridgehead atoms. The number of rotatable bonds is 8. The predicted molar refractivity (Wildman–Crippen MR) is 206 cm³/mol. The molecule has 4 saturated carbocycles. The number of fused-ring (bicyclic) bond motifs is 7. The van der Waals surface area contributed by atoms with Crippen molar-refractivity contribution in [1.29, 1.82) is 0 Å². The molecular weight excluding hydrogens is 700 g/mol. The van der Waals surface area contributed by atoms with Crippen LogP contribution in [-0.4, -0.2) is 47.7 Å². The Bertz CT molecular complexity index is 1820. The minimum absolute atomic E-state index is 0.0355. The first kappa shape index (κ1) is 40.7. The fourth-order valence-electron chi connectivity index (χ4n) is 12.5. The highest BCUT2D eigenvalue weighted by Crippen LogP contribution is 2.76. The van der Waals surface area contributed by atoms with Crippen LogP contribution in [0.1, 0.15) is 132 Å². The van der Waals surface area contributed by atoms with E-state index in [4.69, 9.17) is 18.9 Å². The maximum absolute atomic E-state index is 13.5. The van der Waals surface area contributed by atoms with Gasteiger partial charge in [-0.15, -0.1) is 0 Å². The van der Waals surface area contributed by atoms with E-state index in [9.17, 15) is 29.1 Å². The predicted octanol–water partition coefficient (Wildman–Crippen LogP) is 8.89. The Hall–Kier alpha value is -3.95. The van der Waals surface area contributed by atoms with Crippen LogP contribution in [0.25, 0.3) is 6.08 Å². The van der Waals surface area contributed by atoms with Gasteiger partial charge in [0.05, 0.1) is 5.41 Å². The summed E-state index contributed by atoms with van der Waals surface area (Å²) in [6.07, 6.45) is 13.1. The quantitative estimate of drug-likeness (QED) is 0.118. The van der Waals surface area contributed by atoms with Crippen molar-refractivity contribution in [2.75, 3.05) is 6.61 Å². The molecular formula is C45H60O10. The van der Waals surface area contributed by atoms with E-state index in [0.29, 0.717) is 24.3 Å². The van der Waals surface area contributed by atoms with Crippen molar-refractivity contribution in [2.24, 2.45) is 50.2 Å². The topological polar surface area (TPSA) is 143 Å². The number of benzene rings is 1.